The van der Waals surface area contributed by atoms with E-state index in [-0.39, 0.29) is 10.2 Å². The molecular formula is C10H6BrFO3. The Morgan fingerprint density at radius 1 is 1.53 bits per heavy atom. The lowest BCUT2D eigenvalue weighted by Crippen LogP contribution is -1.97. The Morgan fingerprint density at radius 2 is 2.27 bits per heavy atom. The zero-order valence-corrected chi connectivity index (χ0v) is 9.30. The van der Waals surface area contributed by atoms with Crippen LogP contribution in [0.4, 0.5) is 4.39 Å². The standard InChI is InChI=1S/C10H6BrFO3/c1-14-10(13)7-4-5-2-3-6(12)8(11)9(5)15-7/h2-4H,1H3. The quantitative estimate of drug-likeness (QED) is 0.749. The first-order chi connectivity index (χ1) is 7.13. The molecule has 0 aliphatic rings. The summed E-state index contributed by atoms with van der Waals surface area (Å²) < 4.78 is 23.0. The second-order valence-electron chi connectivity index (χ2n) is 2.88. The number of carbonyl (C=O) groups excluding carboxylic acids is 1. The predicted octanol–water partition coefficient (Wildman–Crippen LogP) is 3.12. The minimum Gasteiger partial charge on any atom is -0.463 e. The highest BCUT2D eigenvalue weighted by molar-refractivity contribution is 9.10. The molecule has 0 fully saturated rings. The van der Waals surface area contributed by atoms with E-state index in [1.54, 1.807) is 0 Å². The average molecular weight is 273 g/mol. The van der Waals surface area contributed by atoms with E-state index in [0.29, 0.717) is 11.0 Å². The van der Waals surface area contributed by atoms with Gasteiger partial charge in [-0.3, -0.25) is 0 Å². The van der Waals surface area contributed by atoms with E-state index in [1.807, 2.05) is 0 Å². The molecule has 0 spiro atoms. The first kappa shape index (κ1) is 10.2. The summed E-state index contributed by atoms with van der Waals surface area (Å²) >= 11 is 3.04. The maximum atomic E-state index is 13.1. The Balaban J connectivity index is 2.66. The zero-order valence-electron chi connectivity index (χ0n) is 7.71. The maximum absolute atomic E-state index is 13.1. The van der Waals surface area contributed by atoms with Crippen molar-refractivity contribution in [2.45, 2.75) is 0 Å². The highest BCUT2D eigenvalue weighted by Gasteiger charge is 2.15. The predicted molar refractivity (Wildman–Crippen MR) is 55.2 cm³/mol. The Kier molecular flexibility index (Phi) is 2.48. The number of esters is 1. The first-order valence-corrected chi connectivity index (χ1v) is 4.88. The van der Waals surface area contributed by atoms with Crippen LogP contribution >= 0.6 is 15.9 Å². The van der Waals surface area contributed by atoms with Crippen LogP contribution in [0.2, 0.25) is 0 Å². The summed E-state index contributed by atoms with van der Waals surface area (Å²) in [4.78, 5) is 11.2. The van der Waals surface area contributed by atoms with E-state index < -0.39 is 11.8 Å². The highest BCUT2D eigenvalue weighted by Crippen LogP contribution is 2.29. The van der Waals surface area contributed by atoms with E-state index >= 15 is 0 Å². The van der Waals surface area contributed by atoms with Crippen LogP contribution in [-0.2, 0) is 4.74 Å². The smallest absolute Gasteiger partial charge is 0.373 e. The van der Waals surface area contributed by atoms with Gasteiger partial charge in [0.15, 0.2) is 5.58 Å². The van der Waals surface area contributed by atoms with Crippen molar-refractivity contribution in [1.29, 1.82) is 0 Å². The molecule has 0 unspecified atom stereocenters. The fraction of sp³-hybridized carbons (Fsp3) is 0.100. The molecule has 2 aromatic rings. The van der Waals surface area contributed by atoms with Gasteiger partial charge in [-0.1, -0.05) is 0 Å². The third kappa shape index (κ3) is 1.63. The van der Waals surface area contributed by atoms with Crippen molar-refractivity contribution < 1.29 is 18.3 Å². The van der Waals surface area contributed by atoms with Gasteiger partial charge in [-0.25, -0.2) is 9.18 Å². The van der Waals surface area contributed by atoms with Gasteiger partial charge in [-0.15, -0.1) is 0 Å². The summed E-state index contributed by atoms with van der Waals surface area (Å²) in [5, 5.41) is 0.642. The third-order valence-corrected chi connectivity index (χ3v) is 2.70. The van der Waals surface area contributed by atoms with Crippen LogP contribution < -0.4 is 0 Å². The summed E-state index contributed by atoms with van der Waals surface area (Å²) in [6, 6.07) is 4.33. The molecule has 0 amide bonds. The van der Waals surface area contributed by atoms with Gasteiger partial charge >= 0.3 is 5.97 Å². The van der Waals surface area contributed by atoms with Crippen LogP contribution in [0.25, 0.3) is 11.0 Å². The van der Waals surface area contributed by atoms with Crippen molar-refractivity contribution >= 4 is 32.9 Å². The lowest BCUT2D eigenvalue weighted by atomic mass is 10.2. The Morgan fingerprint density at radius 3 is 2.93 bits per heavy atom. The molecule has 0 saturated heterocycles. The molecule has 15 heavy (non-hydrogen) atoms. The molecular weight excluding hydrogens is 267 g/mol. The summed E-state index contributed by atoms with van der Waals surface area (Å²) in [7, 11) is 1.26. The van der Waals surface area contributed by atoms with Crippen LogP contribution in [0, 0.1) is 5.82 Å². The molecule has 78 valence electrons. The minimum atomic E-state index is -0.585. The van der Waals surface area contributed by atoms with Crippen LogP contribution in [0.3, 0.4) is 0 Å². The second kappa shape index (κ2) is 3.66. The molecule has 0 bridgehead atoms. The van der Waals surface area contributed by atoms with Crippen LogP contribution in [0.5, 0.6) is 0 Å². The van der Waals surface area contributed by atoms with Crippen molar-refractivity contribution in [3.8, 4) is 0 Å². The fourth-order valence-corrected chi connectivity index (χ4v) is 1.69. The van der Waals surface area contributed by atoms with Gasteiger partial charge in [0.2, 0.25) is 5.76 Å². The van der Waals surface area contributed by atoms with E-state index in [9.17, 15) is 9.18 Å². The maximum Gasteiger partial charge on any atom is 0.373 e. The van der Waals surface area contributed by atoms with Gasteiger partial charge in [0.05, 0.1) is 11.6 Å². The van der Waals surface area contributed by atoms with Crippen LogP contribution in [-0.4, -0.2) is 13.1 Å². The number of methoxy groups -OCH3 is 1. The normalized spacial score (nSPS) is 10.6. The van der Waals surface area contributed by atoms with Gasteiger partial charge in [0.25, 0.3) is 0 Å². The molecule has 0 atom stereocenters. The highest BCUT2D eigenvalue weighted by atomic mass is 79.9. The van der Waals surface area contributed by atoms with E-state index in [2.05, 4.69) is 20.7 Å². The van der Waals surface area contributed by atoms with Crippen LogP contribution in [0.1, 0.15) is 10.6 Å². The number of hydrogen-bond donors (Lipinski definition) is 0. The first-order valence-electron chi connectivity index (χ1n) is 4.09. The topological polar surface area (TPSA) is 39.4 Å². The number of rotatable bonds is 1. The molecule has 0 aliphatic heterocycles. The lowest BCUT2D eigenvalue weighted by molar-refractivity contribution is 0.0567. The molecule has 2 rings (SSSR count). The van der Waals surface area contributed by atoms with E-state index in [0.717, 1.165) is 0 Å². The van der Waals surface area contributed by atoms with Gasteiger partial charge in [0, 0.05) is 5.39 Å². The molecule has 3 nitrogen and oxygen atoms in total. The molecule has 0 N–H and O–H groups in total. The van der Waals surface area contributed by atoms with Crippen molar-refractivity contribution in [1.82, 2.24) is 0 Å². The molecule has 5 heteroatoms. The Labute approximate surface area is 92.9 Å². The van der Waals surface area contributed by atoms with Gasteiger partial charge in [-0.2, -0.15) is 0 Å². The summed E-state index contributed by atoms with van der Waals surface area (Å²) in [6.45, 7) is 0. The summed E-state index contributed by atoms with van der Waals surface area (Å²) in [5.41, 5.74) is 0.301. The number of furan rings is 1. The van der Waals surface area contributed by atoms with E-state index in [1.165, 1.54) is 25.3 Å². The van der Waals surface area contributed by atoms with Gasteiger partial charge < -0.3 is 9.15 Å². The molecule has 0 saturated carbocycles. The minimum absolute atomic E-state index is 0.0544. The zero-order chi connectivity index (χ0) is 11.0. The number of ether oxygens (including phenoxy) is 1. The molecule has 1 aromatic carbocycles. The van der Waals surface area contributed by atoms with Gasteiger partial charge in [-0.05, 0) is 34.1 Å². The number of benzene rings is 1. The lowest BCUT2D eigenvalue weighted by Gasteiger charge is -1.94. The molecule has 0 aliphatic carbocycles. The van der Waals surface area contributed by atoms with Crippen molar-refractivity contribution in [2.24, 2.45) is 0 Å². The number of fused-ring (bicyclic) bond motifs is 1. The van der Waals surface area contributed by atoms with Crippen molar-refractivity contribution in [3.63, 3.8) is 0 Å². The molecule has 1 aromatic heterocycles. The third-order valence-electron chi connectivity index (χ3n) is 1.97. The summed E-state index contributed by atoms with van der Waals surface area (Å²) in [6.07, 6.45) is 0. The second-order valence-corrected chi connectivity index (χ2v) is 3.67. The van der Waals surface area contributed by atoms with Crippen LogP contribution in [0.15, 0.2) is 27.1 Å². The van der Waals surface area contributed by atoms with Crippen molar-refractivity contribution in [2.75, 3.05) is 7.11 Å². The van der Waals surface area contributed by atoms with E-state index in [4.69, 9.17) is 4.42 Å². The molecule has 0 radical (unpaired) electrons. The Hall–Kier alpha value is -1.36. The Bertz CT molecular complexity index is 533. The SMILES string of the molecule is COC(=O)c1cc2ccc(F)c(Br)c2o1. The summed E-state index contributed by atoms with van der Waals surface area (Å²) in [5.74, 6) is -0.967. The van der Waals surface area contributed by atoms with Crippen molar-refractivity contribution in [3.05, 3.63) is 34.2 Å². The molecule has 1 heterocycles. The monoisotopic (exact) mass is 272 g/mol. The largest absolute Gasteiger partial charge is 0.463 e. The number of carbonyl (C=O) groups is 1. The fourth-order valence-electron chi connectivity index (χ4n) is 1.25. The number of halogens is 2. The number of hydrogen-bond acceptors (Lipinski definition) is 3. The average Bonchev–Trinajstić information content (AvgIpc) is 2.67. The van der Waals surface area contributed by atoms with Gasteiger partial charge in [0.1, 0.15) is 5.82 Å².